The topological polar surface area (TPSA) is 66.4 Å². The molecule has 1 unspecified atom stereocenters. The number of hydrogen-bond donors (Lipinski definition) is 2. The van der Waals surface area contributed by atoms with Crippen molar-refractivity contribution in [1.82, 2.24) is 5.32 Å². The summed E-state index contributed by atoms with van der Waals surface area (Å²) >= 11 is 1.30. The van der Waals surface area contributed by atoms with E-state index in [1.807, 2.05) is 27.7 Å². The summed E-state index contributed by atoms with van der Waals surface area (Å²) in [5.74, 6) is -1.14. The normalized spacial score (nSPS) is 13.3. The van der Waals surface area contributed by atoms with Crippen molar-refractivity contribution >= 4 is 23.6 Å². The summed E-state index contributed by atoms with van der Waals surface area (Å²) < 4.78 is -0.157. The second-order valence-electron chi connectivity index (χ2n) is 4.21. The number of aliphatic carboxylic acids is 1. The van der Waals surface area contributed by atoms with Gasteiger partial charge in [0.2, 0.25) is 5.91 Å². The average molecular weight is 233 g/mol. The molecule has 15 heavy (non-hydrogen) atoms. The van der Waals surface area contributed by atoms with Crippen LogP contribution in [0.2, 0.25) is 0 Å². The number of nitrogens with one attached hydrogen (secondary N) is 1. The highest BCUT2D eigenvalue weighted by Crippen LogP contribution is 2.29. The van der Waals surface area contributed by atoms with Crippen LogP contribution in [0.4, 0.5) is 0 Å². The van der Waals surface area contributed by atoms with E-state index >= 15 is 0 Å². The minimum Gasteiger partial charge on any atom is -0.480 e. The Hall–Kier alpha value is -0.710. The monoisotopic (exact) mass is 233 g/mol. The minimum absolute atomic E-state index is 0.0328. The number of carboxylic acids is 1. The van der Waals surface area contributed by atoms with Gasteiger partial charge in [-0.05, 0) is 6.92 Å². The van der Waals surface area contributed by atoms with Gasteiger partial charge >= 0.3 is 5.97 Å². The number of carboxylic acid groups (broad SMARTS) is 1. The summed E-state index contributed by atoms with van der Waals surface area (Å²) in [6.45, 7) is 8.15. The number of carbonyl (C=O) groups is 2. The second-order valence-corrected chi connectivity index (χ2v) is 6.24. The summed E-state index contributed by atoms with van der Waals surface area (Å²) in [6.07, 6.45) is 0.0328. The van der Waals surface area contributed by atoms with Gasteiger partial charge in [-0.15, -0.1) is 11.8 Å². The Kier molecular flexibility index (Phi) is 5.72. The Labute approximate surface area is 94.8 Å². The van der Waals surface area contributed by atoms with E-state index in [1.165, 1.54) is 11.8 Å². The lowest BCUT2D eigenvalue weighted by atomic mass is 10.2. The van der Waals surface area contributed by atoms with Gasteiger partial charge in [0, 0.05) is 17.7 Å². The minimum atomic E-state index is -0.929. The van der Waals surface area contributed by atoms with Crippen molar-refractivity contribution in [1.29, 1.82) is 0 Å². The molecule has 0 aliphatic rings. The zero-order chi connectivity index (χ0) is 12.1. The van der Waals surface area contributed by atoms with E-state index in [4.69, 9.17) is 5.11 Å². The molecule has 0 rings (SSSR count). The van der Waals surface area contributed by atoms with E-state index in [0.29, 0.717) is 6.54 Å². The quantitative estimate of drug-likeness (QED) is 0.755. The molecule has 0 aliphatic heterocycles. The maximum absolute atomic E-state index is 11.3. The Morgan fingerprint density at radius 3 is 2.27 bits per heavy atom. The van der Waals surface area contributed by atoms with E-state index in [-0.39, 0.29) is 17.1 Å². The van der Waals surface area contributed by atoms with Crippen LogP contribution in [0.3, 0.4) is 0 Å². The number of hydrogen-bond acceptors (Lipinski definition) is 3. The molecule has 5 heteroatoms. The lowest BCUT2D eigenvalue weighted by Gasteiger charge is -2.22. The van der Waals surface area contributed by atoms with Gasteiger partial charge in [-0.2, -0.15) is 0 Å². The van der Waals surface area contributed by atoms with Crippen molar-refractivity contribution in [2.75, 3.05) is 6.54 Å². The van der Waals surface area contributed by atoms with Crippen molar-refractivity contribution in [3.63, 3.8) is 0 Å². The Morgan fingerprint density at radius 2 is 1.93 bits per heavy atom. The summed E-state index contributed by atoms with van der Waals surface area (Å²) in [6, 6.07) is 0. The molecular formula is C10H19NO3S. The molecule has 4 nitrogen and oxygen atoms in total. The van der Waals surface area contributed by atoms with Crippen molar-refractivity contribution in [2.24, 2.45) is 0 Å². The lowest BCUT2D eigenvalue weighted by molar-refractivity contribution is -0.138. The van der Waals surface area contributed by atoms with Gasteiger partial charge in [0.05, 0.1) is 0 Å². The van der Waals surface area contributed by atoms with Crippen LogP contribution in [-0.4, -0.2) is 33.5 Å². The molecule has 0 radical (unpaired) electrons. The predicted molar refractivity (Wildman–Crippen MR) is 62.1 cm³/mol. The van der Waals surface area contributed by atoms with Gasteiger partial charge in [-0.3, -0.25) is 9.59 Å². The standard InChI is InChI=1S/C10H19NO3S/c1-5-11-8(12)6-7(9(13)14)15-10(2,3)4/h7H,5-6H2,1-4H3,(H,11,12)(H,13,14). The third kappa shape index (κ3) is 7.25. The zero-order valence-electron chi connectivity index (χ0n) is 9.66. The summed E-state index contributed by atoms with van der Waals surface area (Å²) in [7, 11) is 0. The Bertz CT molecular complexity index is 235. The van der Waals surface area contributed by atoms with E-state index in [0.717, 1.165) is 0 Å². The first-order valence-electron chi connectivity index (χ1n) is 4.93. The van der Waals surface area contributed by atoms with Crippen LogP contribution >= 0.6 is 11.8 Å². The summed E-state index contributed by atoms with van der Waals surface area (Å²) in [5.41, 5.74) is 0. The van der Waals surface area contributed by atoms with Gasteiger partial charge in [0.25, 0.3) is 0 Å². The van der Waals surface area contributed by atoms with Gasteiger partial charge in [0.15, 0.2) is 0 Å². The molecule has 2 N–H and O–H groups in total. The zero-order valence-corrected chi connectivity index (χ0v) is 10.5. The maximum Gasteiger partial charge on any atom is 0.317 e. The van der Waals surface area contributed by atoms with Crippen LogP contribution in [0.5, 0.6) is 0 Å². The van der Waals surface area contributed by atoms with Crippen LogP contribution in [0.15, 0.2) is 0 Å². The maximum atomic E-state index is 11.3. The smallest absolute Gasteiger partial charge is 0.317 e. The molecule has 0 aromatic heterocycles. The predicted octanol–water partition coefficient (Wildman–Crippen LogP) is 1.50. The van der Waals surface area contributed by atoms with Gasteiger partial charge in [-0.25, -0.2) is 0 Å². The molecule has 0 heterocycles. The van der Waals surface area contributed by atoms with E-state index in [9.17, 15) is 9.59 Å². The highest BCUT2D eigenvalue weighted by molar-refractivity contribution is 8.01. The molecule has 88 valence electrons. The molecule has 1 atom stereocenters. The van der Waals surface area contributed by atoms with Crippen LogP contribution in [0.1, 0.15) is 34.1 Å². The third-order valence-corrected chi connectivity index (χ3v) is 2.88. The van der Waals surface area contributed by atoms with Crippen LogP contribution in [0, 0.1) is 0 Å². The first kappa shape index (κ1) is 14.3. The molecule has 0 saturated heterocycles. The van der Waals surface area contributed by atoms with Crippen molar-refractivity contribution in [2.45, 2.75) is 44.1 Å². The Morgan fingerprint density at radius 1 is 1.40 bits per heavy atom. The molecular weight excluding hydrogens is 214 g/mol. The van der Waals surface area contributed by atoms with E-state index in [1.54, 1.807) is 0 Å². The van der Waals surface area contributed by atoms with Gasteiger partial charge in [0.1, 0.15) is 5.25 Å². The second kappa shape index (κ2) is 6.00. The molecule has 0 aromatic rings. The highest BCUT2D eigenvalue weighted by Gasteiger charge is 2.27. The molecule has 1 amide bonds. The number of rotatable bonds is 5. The number of amides is 1. The fraction of sp³-hybridized carbons (Fsp3) is 0.800. The lowest BCUT2D eigenvalue weighted by Crippen LogP contribution is -2.31. The largest absolute Gasteiger partial charge is 0.480 e. The fourth-order valence-electron chi connectivity index (χ4n) is 1.04. The first-order valence-corrected chi connectivity index (χ1v) is 5.81. The molecule has 0 aromatic carbocycles. The number of carbonyl (C=O) groups excluding carboxylic acids is 1. The first-order chi connectivity index (χ1) is 6.76. The van der Waals surface area contributed by atoms with Crippen molar-refractivity contribution in [3.05, 3.63) is 0 Å². The number of thioether (sulfide) groups is 1. The third-order valence-electron chi connectivity index (χ3n) is 1.52. The van der Waals surface area contributed by atoms with Gasteiger partial charge in [-0.1, -0.05) is 20.8 Å². The molecule has 0 bridgehead atoms. The summed E-state index contributed by atoms with van der Waals surface area (Å²) in [4.78, 5) is 22.2. The van der Waals surface area contributed by atoms with Crippen LogP contribution < -0.4 is 5.32 Å². The summed E-state index contributed by atoms with van der Waals surface area (Å²) in [5, 5.41) is 10.9. The average Bonchev–Trinajstić information content (AvgIpc) is 2.00. The van der Waals surface area contributed by atoms with Crippen molar-refractivity contribution < 1.29 is 14.7 Å². The highest BCUT2D eigenvalue weighted by atomic mass is 32.2. The molecule has 0 spiro atoms. The molecule has 0 aliphatic carbocycles. The SMILES string of the molecule is CCNC(=O)CC(SC(C)(C)C)C(=O)O. The fourth-order valence-corrected chi connectivity index (χ4v) is 2.23. The van der Waals surface area contributed by atoms with Crippen LogP contribution in [0.25, 0.3) is 0 Å². The van der Waals surface area contributed by atoms with E-state index in [2.05, 4.69) is 5.32 Å². The van der Waals surface area contributed by atoms with Crippen LogP contribution in [-0.2, 0) is 9.59 Å². The van der Waals surface area contributed by atoms with Gasteiger partial charge < -0.3 is 10.4 Å². The van der Waals surface area contributed by atoms with Crippen molar-refractivity contribution in [3.8, 4) is 0 Å². The molecule has 0 fully saturated rings. The van der Waals surface area contributed by atoms with E-state index < -0.39 is 11.2 Å². The Balaban J connectivity index is 4.29. The molecule has 0 saturated carbocycles.